The van der Waals surface area contributed by atoms with Crippen LogP contribution in [-0.4, -0.2) is 0 Å². The van der Waals surface area contributed by atoms with Crippen LogP contribution >= 0.6 is 0 Å². The summed E-state index contributed by atoms with van der Waals surface area (Å²) in [5.74, 6) is 1.83. The van der Waals surface area contributed by atoms with Crippen molar-refractivity contribution in [1.29, 1.82) is 0 Å². The molecule has 0 unspecified atom stereocenters. The average molecular weight is 256 g/mol. The molecule has 1 saturated carbocycles. The Morgan fingerprint density at radius 2 is 1.63 bits per heavy atom. The van der Waals surface area contributed by atoms with E-state index in [1.807, 2.05) is 0 Å². The molecule has 0 nitrogen and oxygen atoms in total. The third kappa shape index (κ3) is 4.53. The van der Waals surface area contributed by atoms with Gasteiger partial charge in [-0.3, -0.25) is 0 Å². The van der Waals surface area contributed by atoms with Crippen LogP contribution in [0.1, 0.15) is 57.1 Å². The van der Waals surface area contributed by atoms with E-state index in [4.69, 9.17) is 0 Å². The summed E-state index contributed by atoms with van der Waals surface area (Å²) in [6, 6.07) is 9.23. The summed E-state index contributed by atoms with van der Waals surface area (Å²) in [5, 5.41) is 0. The molecule has 0 amide bonds. The van der Waals surface area contributed by atoms with Crippen molar-refractivity contribution in [3.8, 4) is 0 Å². The molecule has 0 aromatic heterocycles. The number of aryl methyl sites for hydroxylation is 2. The molecule has 0 bridgehead atoms. The van der Waals surface area contributed by atoms with Crippen molar-refractivity contribution in [2.45, 2.75) is 58.8 Å². The zero-order valence-corrected chi connectivity index (χ0v) is 12.6. The molecule has 0 heteroatoms. The Morgan fingerprint density at radius 3 is 2.21 bits per heavy atom. The lowest BCUT2D eigenvalue weighted by Crippen LogP contribution is -2.13. The topological polar surface area (TPSA) is 0 Å². The molecule has 0 aliphatic heterocycles. The molecule has 1 fully saturated rings. The molecule has 0 spiro atoms. The van der Waals surface area contributed by atoms with E-state index in [2.05, 4.69) is 50.3 Å². The van der Waals surface area contributed by atoms with Gasteiger partial charge in [-0.05, 0) is 74.8 Å². The maximum Gasteiger partial charge on any atom is -0.0233 e. The number of hydrogen-bond donors (Lipinski definition) is 0. The fourth-order valence-corrected chi connectivity index (χ4v) is 3.25. The summed E-state index contributed by atoms with van der Waals surface area (Å²) in [5.41, 5.74) is 2.98. The third-order valence-corrected chi connectivity index (χ3v) is 4.63. The highest BCUT2D eigenvalue weighted by Crippen LogP contribution is 2.32. The van der Waals surface area contributed by atoms with Gasteiger partial charge in [-0.25, -0.2) is 0 Å². The van der Waals surface area contributed by atoms with Crippen LogP contribution < -0.4 is 0 Å². The summed E-state index contributed by atoms with van der Waals surface area (Å²) >= 11 is 0. The number of hydrogen-bond acceptors (Lipinski definition) is 0. The summed E-state index contributed by atoms with van der Waals surface area (Å²) < 4.78 is 0. The first-order valence-corrected chi connectivity index (χ1v) is 8.02. The fraction of sp³-hybridized carbons (Fsp3) is 0.579. The van der Waals surface area contributed by atoms with Crippen molar-refractivity contribution in [1.82, 2.24) is 0 Å². The minimum atomic E-state index is 0.866. The van der Waals surface area contributed by atoms with Crippen LogP contribution in [0, 0.1) is 11.8 Å². The van der Waals surface area contributed by atoms with Gasteiger partial charge in [-0.15, -0.1) is 0 Å². The van der Waals surface area contributed by atoms with Crippen molar-refractivity contribution in [2.75, 3.05) is 0 Å². The molecule has 104 valence electrons. The van der Waals surface area contributed by atoms with Gasteiger partial charge in [-0.2, -0.15) is 0 Å². The van der Waals surface area contributed by atoms with Crippen LogP contribution in [0.5, 0.6) is 0 Å². The van der Waals surface area contributed by atoms with Gasteiger partial charge < -0.3 is 0 Å². The van der Waals surface area contributed by atoms with Crippen LogP contribution in [0.4, 0.5) is 0 Å². The Hall–Kier alpha value is -1.04. The molecular weight excluding hydrogens is 228 g/mol. The van der Waals surface area contributed by atoms with Crippen LogP contribution in [0.15, 0.2) is 36.4 Å². The largest absolute Gasteiger partial charge is 0.0914 e. The lowest BCUT2D eigenvalue weighted by molar-refractivity contribution is 0.296. The predicted octanol–water partition coefficient (Wildman–Crippen LogP) is 5.56. The Bertz CT molecular complexity index is 377. The molecule has 1 aliphatic carbocycles. The maximum atomic E-state index is 2.40. The van der Waals surface area contributed by atoms with E-state index in [-0.39, 0.29) is 0 Å². The molecule has 0 radical (unpaired) electrons. The second-order valence-electron chi connectivity index (χ2n) is 6.02. The zero-order chi connectivity index (χ0) is 13.5. The van der Waals surface area contributed by atoms with Crippen molar-refractivity contribution in [3.63, 3.8) is 0 Å². The molecule has 0 N–H and O–H groups in total. The Morgan fingerprint density at radius 1 is 1.00 bits per heavy atom. The van der Waals surface area contributed by atoms with Crippen molar-refractivity contribution in [3.05, 3.63) is 47.5 Å². The summed E-state index contributed by atoms with van der Waals surface area (Å²) in [6.07, 6.45) is 14.1. The van der Waals surface area contributed by atoms with E-state index < -0.39 is 0 Å². The lowest BCUT2D eigenvalue weighted by atomic mass is 9.79. The van der Waals surface area contributed by atoms with Crippen molar-refractivity contribution in [2.24, 2.45) is 11.8 Å². The fourth-order valence-electron chi connectivity index (χ4n) is 3.25. The molecule has 0 heterocycles. The quantitative estimate of drug-likeness (QED) is 0.605. The van der Waals surface area contributed by atoms with Gasteiger partial charge in [0.15, 0.2) is 0 Å². The SMILES string of the molecule is C/C=C\C1CCC(CCc2ccc(CC)cc2)CC1. The first-order valence-electron chi connectivity index (χ1n) is 8.02. The monoisotopic (exact) mass is 256 g/mol. The number of allylic oxidation sites excluding steroid dienone is 2. The number of benzene rings is 1. The molecule has 0 atom stereocenters. The maximum absolute atomic E-state index is 2.40. The van der Waals surface area contributed by atoms with E-state index in [0.29, 0.717) is 0 Å². The van der Waals surface area contributed by atoms with Crippen molar-refractivity contribution >= 4 is 0 Å². The second kappa shape index (κ2) is 7.53. The average Bonchev–Trinajstić information content (AvgIpc) is 2.47. The van der Waals surface area contributed by atoms with E-state index in [0.717, 1.165) is 18.3 Å². The highest BCUT2D eigenvalue weighted by atomic mass is 14.2. The van der Waals surface area contributed by atoms with E-state index in [9.17, 15) is 0 Å². The van der Waals surface area contributed by atoms with Crippen LogP contribution in [0.3, 0.4) is 0 Å². The van der Waals surface area contributed by atoms with Crippen LogP contribution in [-0.2, 0) is 12.8 Å². The second-order valence-corrected chi connectivity index (χ2v) is 6.02. The van der Waals surface area contributed by atoms with Gasteiger partial charge in [0.05, 0.1) is 0 Å². The molecule has 19 heavy (non-hydrogen) atoms. The Labute approximate surface area is 118 Å². The zero-order valence-electron chi connectivity index (χ0n) is 12.6. The first-order chi connectivity index (χ1) is 9.31. The number of rotatable bonds is 5. The van der Waals surface area contributed by atoms with Crippen molar-refractivity contribution < 1.29 is 0 Å². The van der Waals surface area contributed by atoms with E-state index >= 15 is 0 Å². The lowest BCUT2D eigenvalue weighted by Gasteiger charge is -2.26. The summed E-state index contributed by atoms with van der Waals surface area (Å²) in [4.78, 5) is 0. The van der Waals surface area contributed by atoms with Crippen LogP contribution in [0.2, 0.25) is 0 Å². The Kier molecular flexibility index (Phi) is 5.69. The van der Waals surface area contributed by atoms with Gasteiger partial charge in [0, 0.05) is 0 Å². The van der Waals surface area contributed by atoms with E-state index in [1.54, 1.807) is 0 Å². The van der Waals surface area contributed by atoms with Crippen LogP contribution in [0.25, 0.3) is 0 Å². The molecule has 2 rings (SSSR count). The van der Waals surface area contributed by atoms with Gasteiger partial charge in [0.1, 0.15) is 0 Å². The minimum absolute atomic E-state index is 0.866. The smallest absolute Gasteiger partial charge is 0.0233 e. The molecule has 1 aromatic rings. The highest BCUT2D eigenvalue weighted by Gasteiger charge is 2.18. The van der Waals surface area contributed by atoms with Gasteiger partial charge in [0.25, 0.3) is 0 Å². The highest BCUT2D eigenvalue weighted by molar-refractivity contribution is 5.22. The third-order valence-electron chi connectivity index (χ3n) is 4.63. The molecule has 0 saturated heterocycles. The van der Waals surface area contributed by atoms with Gasteiger partial charge >= 0.3 is 0 Å². The summed E-state index contributed by atoms with van der Waals surface area (Å²) in [6.45, 7) is 4.37. The predicted molar refractivity (Wildman–Crippen MR) is 84.4 cm³/mol. The standard InChI is InChI=1S/C19H28/c1-3-5-17-10-12-19(13-11-17)15-14-18-8-6-16(4-2)7-9-18/h3,5-9,17,19H,4,10-15H2,1-2H3/b5-3-. The molecule has 1 aromatic carbocycles. The minimum Gasteiger partial charge on any atom is -0.0914 e. The van der Waals surface area contributed by atoms with E-state index in [1.165, 1.54) is 49.7 Å². The van der Waals surface area contributed by atoms with Gasteiger partial charge in [-0.1, -0.05) is 43.3 Å². The molecule has 1 aliphatic rings. The Balaban J connectivity index is 1.74. The molecular formula is C19H28. The summed E-state index contributed by atoms with van der Waals surface area (Å²) in [7, 11) is 0. The van der Waals surface area contributed by atoms with Gasteiger partial charge in [0.2, 0.25) is 0 Å². The normalized spacial score (nSPS) is 23.9. The first kappa shape index (κ1) is 14.4.